The number of nitrogens with zero attached hydrogens (tertiary/aromatic N) is 2. The van der Waals surface area contributed by atoms with Gasteiger partial charge < -0.3 is 9.13 Å². The molecule has 0 saturated heterocycles. The van der Waals surface area contributed by atoms with E-state index in [4.69, 9.17) is 0 Å². The molecule has 0 fully saturated rings. The Morgan fingerprint density at radius 2 is 0.526 bits per heavy atom. The van der Waals surface area contributed by atoms with Crippen molar-refractivity contribution >= 4 is 16.5 Å². The lowest BCUT2D eigenvalue weighted by Gasteiger charge is -2.40. The third-order valence-corrected chi connectivity index (χ3v) is 20.3. The van der Waals surface area contributed by atoms with Crippen LogP contribution in [0.25, 0.3) is 0 Å². The van der Waals surface area contributed by atoms with Gasteiger partial charge in [0.1, 0.15) is 16.5 Å². The molecule has 0 heterocycles. The molecule has 0 radical (unpaired) electrons. The van der Waals surface area contributed by atoms with E-state index in [-0.39, 0.29) is 0 Å². The quantitative estimate of drug-likeness (QED) is 0.0654. The molecule has 230 valence electrons. The minimum Gasteiger partial charge on any atom is -0.329 e. The van der Waals surface area contributed by atoms with Crippen LogP contribution >= 0.6 is 0 Å². The fraction of sp³-hybridized carbons (Fsp3) is 1.00. The lowest BCUT2D eigenvalue weighted by molar-refractivity contribution is 0.529. The highest BCUT2D eigenvalue weighted by molar-refractivity contribution is 6.81. The minimum absolute atomic E-state index is 1.30. The maximum absolute atomic E-state index is 2.69. The van der Waals surface area contributed by atoms with Gasteiger partial charge in [-0.05, 0) is 52.4 Å². The van der Waals surface area contributed by atoms with Gasteiger partial charge in [-0.3, -0.25) is 0 Å². The molecule has 2 nitrogen and oxygen atoms in total. The lowest BCUT2D eigenvalue weighted by Crippen LogP contribution is -2.51. The summed E-state index contributed by atoms with van der Waals surface area (Å²) < 4.78 is 5.37. The molecule has 38 heavy (non-hydrogen) atoms. The van der Waals surface area contributed by atoms with Crippen LogP contribution in [0.15, 0.2) is 0 Å². The van der Waals surface area contributed by atoms with Crippen LogP contribution < -0.4 is 0 Å². The molecule has 0 N–H and O–H groups in total. The van der Waals surface area contributed by atoms with Gasteiger partial charge in [-0.15, -0.1) is 0 Å². The molecule has 2 unspecified atom stereocenters. The van der Waals surface area contributed by atoms with Crippen LogP contribution in [-0.2, 0) is 0 Å². The Kier molecular flexibility index (Phi) is 25.3. The van der Waals surface area contributed by atoms with Crippen molar-refractivity contribution in [1.29, 1.82) is 0 Å². The lowest BCUT2D eigenvalue weighted by atomic mass is 10.0. The van der Waals surface area contributed by atoms with Gasteiger partial charge in [0.2, 0.25) is 0 Å². The monoisotopic (exact) mass is 569 g/mol. The van der Waals surface area contributed by atoms with Gasteiger partial charge in [0.15, 0.2) is 0 Å². The van der Waals surface area contributed by atoms with E-state index in [1.807, 2.05) is 0 Å². The average Bonchev–Trinajstić information content (AvgIpc) is 2.89. The van der Waals surface area contributed by atoms with Crippen LogP contribution in [0, 0.1) is 0 Å². The van der Waals surface area contributed by atoms with Crippen molar-refractivity contribution in [1.82, 2.24) is 9.13 Å². The third-order valence-electron chi connectivity index (χ3n) is 10.00. The molecule has 2 atom stereocenters. The summed E-state index contributed by atoms with van der Waals surface area (Å²) >= 11 is 0. The Hall–Kier alpha value is 0.354. The molecule has 0 saturated carbocycles. The summed E-state index contributed by atoms with van der Waals surface area (Å²) in [7, 11) is 6.93. The molecule has 0 bridgehead atoms. The molecule has 0 amide bonds. The molecule has 0 aromatic carbocycles. The molecule has 0 aliphatic rings. The first-order valence-corrected chi connectivity index (χ1v) is 23.3. The Bertz CT molecular complexity index is 499. The van der Waals surface area contributed by atoms with E-state index in [0.29, 0.717) is 0 Å². The largest absolute Gasteiger partial charge is 0.329 e. The van der Waals surface area contributed by atoms with Crippen LogP contribution in [0.1, 0.15) is 155 Å². The second-order valence-electron chi connectivity index (χ2n) is 13.9. The smallest absolute Gasteiger partial charge is 0.124 e. The van der Waals surface area contributed by atoms with Crippen LogP contribution in [0.3, 0.4) is 0 Å². The second-order valence-corrected chi connectivity index (χ2v) is 23.6. The Morgan fingerprint density at radius 3 is 0.737 bits per heavy atom. The maximum atomic E-state index is 2.69. The molecule has 0 spiro atoms. The number of hydrogen-bond donors (Lipinski definition) is 0. The summed E-state index contributed by atoms with van der Waals surface area (Å²) in [4.78, 5) is 0. The zero-order chi connectivity index (χ0) is 28.5. The minimum atomic E-state index is -1.31. The predicted octanol–water partition coefficient (Wildman–Crippen LogP) is 11.9. The van der Waals surface area contributed by atoms with Crippen molar-refractivity contribution in [2.45, 2.75) is 192 Å². The van der Waals surface area contributed by atoms with E-state index in [2.05, 4.69) is 64.3 Å². The van der Waals surface area contributed by atoms with E-state index >= 15 is 0 Å². The van der Waals surface area contributed by atoms with Crippen LogP contribution in [0.2, 0.25) is 37.3 Å². The number of hydrogen-bond acceptors (Lipinski definition) is 2. The summed E-state index contributed by atoms with van der Waals surface area (Å²) in [6.45, 7) is 10.00. The highest BCUT2D eigenvalue weighted by Crippen LogP contribution is 2.31. The standard InChI is InChI=1S/C34H76N2Si2/c1-9-11-13-15-17-18-19-20-21-22-23-24-25-26-28-30-32-38(8,36(5)6)34-33-37(7,35(3)4)31-29-27-16-14-12-10-2/h9-34H2,1-8H3. The van der Waals surface area contributed by atoms with Crippen LogP contribution in [-0.4, -0.2) is 53.8 Å². The molecule has 0 aliphatic heterocycles. The van der Waals surface area contributed by atoms with Gasteiger partial charge in [-0.1, -0.05) is 168 Å². The van der Waals surface area contributed by atoms with E-state index in [9.17, 15) is 0 Å². The highest BCUT2D eigenvalue weighted by atomic mass is 28.3. The SMILES string of the molecule is CCCCCCCCCCCCCCCCCC[Si](C)(CC[Si](C)(CCCCCCCC)N(C)C)N(C)C. The maximum Gasteiger partial charge on any atom is 0.124 e. The van der Waals surface area contributed by atoms with Gasteiger partial charge >= 0.3 is 0 Å². The number of rotatable bonds is 29. The second kappa shape index (κ2) is 25.1. The zero-order valence-corrected chi connectivity index (χ0v) is 30.3. The van der Waals surface area contributed by atoms with Gasteiger partial charge in [-0.2, -0.15) is 0 Å². The summed E-state index contributed by atoms with van der Waals surface area (Å²) in [5.41, 5.74) is 0. The normalized spacial score (nSPS) is 15.3. The van der Waals surface area contributed by atoms with Crippen LogP contribution in [0.4, 0.5) is 0 Å². The molecule has 0 aromatic heterocycles. The van der Waals surface area contributed by atoms with Crippen molar-refractivity contribution in [2.24, 2.45) is 0 Å². The fourth-order valence-corrected chi connectivity index (χ4v) is 14.6. The first-order valence-electron chi connectivity index (χ1n) is 17.6. The first kappa shape index (κ1) is 38.4. The fourth-order valence-electron chi connectivity index (χ4n) is 6.02. The Labute approximate surface area is 245 Å². The van der Waals surface area contributed by atoms with E-state index < -0.39 is 16.5 Å². The molecular weight excluding hydrogens is 493 g/mol. The first-order chi connectivity index (χ1) is 18.2. The van der Waals surface area contributed by atoms with Gasteiger partial charge in [0.25, 0.3) is 0 Å². The summed E-state index contributed by atoms with van der Waals surface area (Å²) in [5, 5.41) is 0. The van der Waals surface area contributed by atoms with Crippen LogP contribution in [0.5, 0.6) is 0 Å². The zero-order valence-electron chi connectivity index (χ0n) is 28.3. The van der Waals surface area contributed by atoms with Crippen molar-refractivity contribution in [3.63, 3.8) is 0 Å². The summed E-state index contributed by atoms with van der Waals surface area (Å²) in [6.07, 6.45) is 32.1. The van der Waals surface area contributed by atoms with Crippen molar-refractivity contribution < 1.29 is 0 Å². The summed E-state index contributed by atoms with van der Waals surface area (Å²) in [5.74, 6) is 0. The van der Waals surface area contributed by atoms with Crippen molar-refractivity contribution in [3.05, 3.63) is 0 Å². The van der Waals surface area contributed by atoms with Gasteiger partial charge in [0.05, 0.1) is 0 Å². The van der Waals surface area contributed by atoms with E-state index in [0.717, 1.165) is 0 Å². The number of unbranched alkanes of at least 4 members (excludes halogenated alkanes) is 20. The molecular formula is C34H76N2Si2. The van der Waals surface area contributed by atoms with E-state index in [1.165, 1.54) is 165 Å². The highest BCUT2D eigenvalue weighted by Gasteiger charge is 2.36. The van der Waals surface area contributed by atoms with Crippen molar-refractivity contribution in [2.75, 3.05) is 28.2 Å². The molecule has 0 rings (SSSR count). The third kappa shape index (κ3) is 20.3. The molecule has 4 heteroatoms. The molecule has 0 aliphatic carbocycles. The van der Waals surface area contributed by atoms with Gasteiger partial charge in [0, 0.05) is 0 Å². The average molecular weight is 569 g/mol. The predicted molar refractivity (Wildman–Crippen MR) is 183 cm³/mol. The Morgan fingerprint density at radius 1 is 0.316 bits per heavy atom. The van der Waals surface area contributed by atoms with E-state index in [1.54, 1.807) is 0 Å². The summed E-state index contributed by atoms with van der Waals surface area (Å²) in [6, 6.07) is 6.03. The topological polar surface area (TPSA) is 6.48 Å². The Balaban J connectivity index is 4.02. The van der Waals surface area contributed by atoms with Crippen molar-refractivity contribution in [3.8, 4) is 0 Å². The molecule has 0 aromatic rings. The van der Waals surface area contributed by atoms with Gasteiger partial charge in [-0.25, -0.2) is 0 Å².